The molecule has 0 aliphatic carbocycles. The van der Waals surface area contributed by atoms with Gasteiger partial charge in [-0.25, -0.2) is 9.37 Å². The van der Waals surface area contributed by atoms with Crippen LogP contribution in [0.3, 0.4) is 0 Å². The minimum Gasteiger partial charge on any atom is -0.326 e. The summed E-state index contributed by atoms with van der Waals surface area (Å²) in [7, 11) is 0. The average molecular weight is 305 g/mol. The number of nitrogens with one attached hydrogen (secondary N) is 2. The number of halogens is 1. The average Bonchev–Trinajstić information content (AvgIpc) is 2.82. The van der Waals surface area contributed by atoms with Gasteiger partial charge in [-0.3, -0.25) is 9.59 Å². The van der Waals surface area contributed by atoms with Crippen LogP contribution in [0.25, 0.3) is 0 Å². The van der Waals surface area contributed by atoms with Gasteiger partial charge in [-0.15, -0.1) is 11.3 Å². The van der Waals surface area contributed by atoms with E-state index in [0.29, 0.717) is 16.4 Å². The Balaban J connectivity index is 1.88. The monoisotopic (exact) mass is 305 g/mol. The van der Waals surface area contributed by atoms with E-state index >= 15 is 0 Å². The van der Waals surface area contributed by atoms with Gasteiger partial charge in [0.15, 0.2) is 5.13 Å². The molecule has 2 N–H and O–H groups in total. The van der Waals surface area contributed by atoms with Crippen LogP contribution in [-0.2, 0) is 9.59 Å². The van der Waals surface area contributed by atoms with Gasteiger partial charge < -0.3 is 10.6 Å². The van der Waals surface area contributed by atoms with Crippen LogP contribution in [-0.4, -0.2) is 16.8 Å². The Bertz CT molecular complexity index is 729. The molecule has 108 valence electrons. The molecule has 2 heterocycles. The molecular formula is C14H12FN3O2S. The van der Waals surface area contributed by atoms with E-state index < -0.39 is 11.7 Å². The van der Waals surface area contributed by atoms with Crippen LogP contribution in [0.2, 0.25) is 0 Å². The van der Waals surface area contributed by atoms with Crippen molar-refractivity contribution in [1.82, 2.24) is 4.98 Å². The van der Waals surface area contributed by atoms with E-state index in [2.05, 4.69) is 15.6 Å². The maximum Gasteiger partial charge on any atom is 0.234 e. The highest BCUT2D eigenvalue weighted by Gasteiger charge is 2.31. The molecule has 0 radical (unpaired) electrons. The van der Waals surface area contributed by atoms with Gasteiger partial charge >= 0.3 is 0 Å². The second-order valence-electron chi connectivity index (χ2n) is 4.82. The van der Waals surface area contributed by atoms with E-state index in [9.17, 15) is 14.0 Å². The van der Waals surface area contributed by atoms with Crippen molar-refractivity contribution in [2.24, 2.45) is 0 Å². The van der Waals surface area contributed by atoms with Gasteiger partial charge in [-0.2, -0.15) is 0 Å². The summed E-state index contributed by atoms with van der Waals surface area (Å²) in [5, 5.41) is 7.60. The van der Waals surface area contributed by atoms with Crippen molar-refractivity contribution < 1.29 is 14.0 Å². The number of fused-ring (bicyclic) bond motifs is 1. The zero-order valence-electron chi connectivity index (χ0n) is 11.1. The number of hydrogen-bond acceptors (Lipinski definition) is 4. The molecule has 1 atom stereocenters. The first-order valence-corrected chi connectivity index (χ1v) is 7.23. The first-order valence-electron chi connectivity index (χ1n) is 6.35. The highest BCUT2D eigenvalue weighted by molar-refractivity contribution is 7.13. The van der Waals surface area contributed by atoms with Crippen molar-refractivity contribution in [3.63, 3.8) is 0 Å². The maximum absolute atomic E-state index is 13.2. The first-order chi connectivity index (χ1) is 10.0. The molecule has 1 aromatic carbocycles. The topological polar surface area (TPSA) is 71.1 Å². The van der Waals surface area contributed by atoms with Crippen molar-refractivity contribution in [1.29, 1.82) is 0 Å². The normalized spacial score (nSPS) is 17.0. The molecule has 5 nitrogen and oxygen atoms in total. The van der Waals surface area contributed by atoms with Crippen LogP contribution in [0.1, 0.15) is 23.6 Å². The van der Waals surface area contributed by atoms with Crippen LogP contribution in [0.15, 0.2) is 23.6 Å². The van der Waals surface area contributed by atoms with Crippen molar-refractivity contribution in [2.45, 2.75) is 19.3 Å². The second kappa shape index (κ2) is 5.25. The molecule has 7 heteroatoms. The van der Waals surface area contributed by atoms with E-state index in [-0.39, 0.29) is 18.2 Å². The minimum absolute atomic E-state index is 0.0365. The number of carbonyl (C=O) groups is 2. The fourth-order valence-electron chi connectivity index (χ4n) is 2.28. The third kappa shape index (κ3) is 2.78. The van der Waals surface area contributed by atoms with Crippen LogP contribution in [0.4, 0.5) is 15.2 Å². The van der Waals surface area contributed by atoms with Gasteiger partial charge in [0.25, 0.3) is 0 Å². The van der Waals surface area contributed by atoms with Gasteiger partial charge in [-0.05, 0) is 24.6 Å². The van der Waals surface area contributed by atoms with Gasteiger partial charge in [-0.1, -0.05) is 6.07 Å². The first kappa shape index (κ1) is 13.7. The lowest BCUT2D eigenvalue weighted by Gasteiger charge is -2.24. The Morgan fingerprint density at radius 2 is 2.33 bits per heavy atom. The number of aryl methyl sites for hydroxylation is 1. The third-order valence-electron chi connectivity index (χ3n) is 3.22. The Labute approximate surface area is 124 Å². The lowest BCUT2D eigenvalue weighted by Crippen LogP contribution is -2.30. The summed E-state index contributed by atoms with van der Waals surface area (Å²) < 4.78 is 13.2. The van der Waals surface area contributed by atoms with E-state index in [1.807, 2.05) is 12.3 Å². The molecule has 1 aromatic heterocycles. The highest BCUT2D eigenvalue weighted by Crippen LogP contribution is 2.33. The number of nitrogens with zero attached hydrogens (tertiary/aromatic N) is 1. The SMILES string of the molecule is Cc1csc(NC(=O)[C@H]2CC(=O)Nc3cc(F)ccc32)n1. The van der Waals surface area contributed by atoms with Gasteiger partial charge in [0.1, 0.15) is 5.82 Å². The molecule has 2 aromatic rings. The van der Waals surface area contributed by atoms with Crippen LogP contribution < -0.4 is 10.6 Å². The fraction of sp³-hybridized carbons (Fsp3) is 0.214. The molecule has 1 aliphatic rings. The highest BCUT2D eigenvalue weighted by atomic mass is 32.1. The minimum atomic E-state index is -0.640. The molecule has 1 aliphatic heterocycles. The molecule has 0 fully saturated rings. The second-order valence-corrected chi connectivity index (χ2v) is 5.68. The molecule has 0 unspecified atom stereocenters. The number of amides is 2. The number of aromatic nitrogens is 1. The molecule has 0 saturated heterocycles. The standard InChI is InChI=1S/C14H12FN3O2S/c1-7-6-21-14(16-7)18-13(20)10-5-12(19)17-11-4-8(15)2-3-9(10)11/h2-4,6,10H,5H2,1H3,(H,17,19)(H,16,18,20)/t10-/m0/s1. The Morgan fingerprint density at radius 1 is 1.52 bits per heavy atom. The fourth-order valence-corrected chi connectivity index (χ4v) is 2.97. The number of carbonyl (C=O) groups excluding carboxylic acids is 2. The summed E-state index contributed by atoms with van der Waals surface area (Å²) in [4.78, 5) is 28.2. The van der Waals surface area contributed by atoms with Crippen molar-refractivity contribution in [2.75, 3.05) is 10.6 Å². The summed E-state index contributed by atoms with van der Waals surface area (Å²) in [5.41, 5.74) is 1.78. The zero-order valence-corrected chi connectivity index (χ0v) is 12.0. The largest absolute Gasteiger partial charge is 0.326 e. The molecule has 21 heavy (non-hydrogen) atoms. The number of thiazole rings is 1. The molecular weight excluding hydrogens is 293 g/mol. The van der Waals surface area contributed by atoms with Gasteiger partial charge in [0, 0.05) is 17.5 Å². The lowest BCUT2D eigenvalue weighted by atomic mass is 9.90. The van der Waals surface area contributed by atoms with Gasteiger partial charge in [0.05, 0.1) is 11.6 Å². The number of benzene rings is 1. The number of hydrogen-bond donors (Lipinski definition) is 2. The predicted molar refractivity (Wildman–Crippen MR) is 77.9 cm³/mol. The lowest BCUT2D eigenvalue weighted by molar-refractivity contribution is -0.123. The smallest absolute Gasteiger partial charge is 0.234 e. The van der Waals surface area contributed by atoms with Crippen LogP contribution in [0.5, 0.6) is 0 Å². The molecule has 2 amide bonds. The Kier molecular flexibility index (Phi) is 3.42. The Morgan fingerprint density at radius 3 is 3.05 bits per heavy atom. The molecule has 3 rings (SSSR count). The van der Waals surface area contributed by atoms with Crippen molar-refractivity contribution in [3.8, 4) is 0 Å². The quantitative estimate of drug-likeness (QED) is 0.896. The number of anilines is 2. The summed E-state index contributed by atoms with van der Waals surface area (Å²) in [6.07, 6.45) is 0.0365. The molecule has 0 spiro atoms. The van der Waals surface area contributed by atoms with Gasteiger partial charge in [0.2, 0.25) is 11.8 Å². The number of rotatable bonds is 2. The van der Waals surface area contributed by atoms with E-state index in [1.54, 1.807) is 0 Å². The zero-order chi connectivity index (χ0) is 15.0. The van der Waals surface area contributed by atoms with Crippen LogP contribution in [0, 0.1) is 12.7 Å². The summed E-state index contributed by atoms with van der Waals surface area (Å²) in [6, 6.07) is 4.03. The predicted octanol–water partition coefficient (Wildman–Crippen LogP) is 2.66. The summed E-state index contributed by atoms with van der Waals surface area (Å²) in [6.45, 7) is 1.83. The maximum atomic E-state index is 13.2. The van der Waals surface area contributed by atoms with E-state index in [0.717, 1.165) is 5.69 Å². The molecule has 0 saturated carbocycles. The van der Waals surface area contributed by atoms with Crippen LogP contribution >= 0.6 is 11.3 Å². The van der Waals surface area contributed by atoms with E-state index in [1.165, 1.54) is 29.5 Å². The Hall–Kier alpha value is -2.28. The van der Waals surface area contributed by atoms with Crippen molar-refractivity contribution >= 4 is 34.0 Å². The van der Waals surface area contributed by atoms with Crippen molar-refractivity contribution in [3.05, 3.63) is 40.7 Å². The van der Waals surface area contributed by atoms with E-state index in [4.69, 9.17) is 0 Å². The third-order valence-corrected chi connectivity index (χ3v) is 4.10. The summed E-state index contributed by atoms with van der Waals surface area (Å²) >= 11 is 1.32. The molecule has 0 bridgehead atoms. The summed E-state index contributed by atoms with van der Waals surface area (Å²) in [5.74, 6) is -1.71.